The lowest BCUT2D eigenvalue weighted by molar-refractivity contribution is -0.123. The maximum Gasteiger partial charge on any atom is 0.153 e. The van der Waals surface area contributed by atoms with Crippen LogP contribution in [0.1, 0.15) is 44.9 Å². The van der Waals surface area contributed by atoms with Gasteiger partial charge in [0.05, 0.1) is 6.04 Å². The van der Waals surface area contributed by atoms with Crippen molar-refractivity contribution in [1.29, 1.82) is 0 Å². The van der Waals surface area contributed by atoms with Crippen LogP contribution in [0.3, 0.4) is 0 Å². The molecule has 0 aromatic carbocycles. The summed E-state index contributed by atoms with van der Waals surface area (Å²) in [5, 5.41) is 3.24. The zero-order chi connectivity index (χ0) is 9.97. The third-order valence-corrected chi connectivity index (χ3v) is 3.72. The first-order valence-corrected chi connectivity index (χ1v) is 6.04. The Hall–Kier alpha value is -0.370. The largest absolute Gasteiger partial charge is 0.310 e. The van der Waals surface area contributed by atoms with Gasteiger partial charge in [-0.25, -0.2) is 0 Å². The van der Waals surface area contributed by atoms with Gasteiger partial charge >= 0.3 is 0 Å². The molecule has 0 aromatic heterocycles. The van der Waals surface area contributed by atoms with Crippen LogP contribution in [0.15, 0.2) is 0 Å². The van der Waals surface area contributed by atoms with Gasteiger partial charge < -0.3 is 5.32 Å². The zero-order valence-corrected chi connectivity index (χ0v) is 9.09. The van der Waals surface area contributed by atoms with Crippen LogP contribution in [-0.4, -0.2) is 18.9 Å². The summed E-state index contributed by atoms with van der Waals surface area (Å²) in [6.07, 6.45) is 8.80. The Morgan fingerprint density at radius 1 is 1.14 bits per heavy atom. The minimum absolute atomic E-state index is 0.169. The van der Waals surface area contributed by atoms with Gasteiger partial charge in [0.2, 0.25) is 0 Å². The number of carbonyl (C=O) groups excluding carboxylic acids is 1. The molecule has 1 unspecified atom stereocenters. The van der Waals surface area contributed by atoms with Crippen LogP contribution < -0.4 is 5.32 Å². The summed E-state index contributed by atoms with van der Waals surface area (Å²) >= 11 is 0. The van der Waals surface area contributed by atoms with E-state index in [0.717, 1.165) is 12.8 Å². The van der Waals surface area contributed by atoms with E-state index in [9.17, 15) is 4.79 Å². The monoisotopic (exact) mass is 195 g/mol. The van der Waals surface area contributed by atoms with E-state index in [1.807, 2.05) is 7.05 Å². The summed E-state index contributed by atoms with van der Waals surface area (Å²) in [6.45, 7) is 0. The summed E-state index contributed by atoms with van der Waals surface area (Å²) in [7, 11) is 1.94. The minimum atomic E-state index is 0.169. The summed E-state index contributed by atoms with van der Waals surface area (Å²) in [5.74, 6) is 1.54. The molecule has 2 aliphatic carbocycles. The lowest BCUT2D eigenvalue weighted by Gasteiger charge is -2.29. The average molecular weight is 195 g/mol. The molecular weight excluding hydrogens is 174 g/mol. The third kappa shape index (κ3) is 2.17. The lowest BCUT2D eigenvalue weighted by atomic mass is 9.81. The molecule has 80 valence electrons. The van der Waals surface area contributed by atoms with Gasteiger partial charge in [0.25, 0.3) is 0 Å². The van der Waals surface area contributed by atoms with E-state index < -0.39 is 0 Å². The highest BCUT2D eigenvalue weighted by molar-refractivity contribution is 5.88. The standard InChI is InChI=1S/C12H21NO/c1-13-11(12(14)10-7-8-10)9-5-3-2-4-6-9/h9-11,13H,2-8H2,1H3. The summed E-state index contributed by atoms with van der Waals surface area (Å²) in [5.41, 5.74) is 0. The van der Waals surface area contributed by atoms with Gasteiger partial charge in [-0.1, -0.05) is 19.3 Å². The highest BCUT2D eigenvalue weighted by atomic mass is 16.1. The fraction of sp³-hybridized carbons (Fsp3) is 0.917. The van der Waals surface area contributed by atoms with Crippen molar-refractivity contribution in [3.8, 4) is 0 Å². The molecule has 2 saturated carbocycles. The van der Waals surface area contributed by atoms with Gasteiger partial charge in [-0.15, -0.1) is 0 Å². The molecule has 2 fully saturated rings. The Kier molecular flexibility index (Phi) is 3.22. The minimum Gasteiger partial charge on any atom is -0.310 e. The highest BCUT2D eigenvalue weighted by Gasteiger charge is 2.37. The van der Waals surface area contributed by atoms with Crippen LogP contribution >= 0.6 is 0 Å². The molecule has 0 amide bonds. The Morgan fingerprint density at radius 2 is 1.79 bits per heavy atom. The number of hydrogen-bond acceptors (Lipinski definition) is 2. The van der Waals surface area contributed by atoms with Crippen LogP contribution in [0.4, 0.5) is 0 Å². The molecule has 0 aromatic rings. The molecule has 0 bridgehead atoms. The molecule has 0 radical (unpaired) electrons. The molecule has 2 rings (SSSR count). The Balaban J connectivity index is 1.92. The number of Topliss-reactive ketones (excluding diaryl/α,β-unsaturated/α-hetero) is 1. The van der Waals surface area contributed by atoms with E-state index in [1.54, 1.807) is 0 Å². The second-order valence-corrected chi connectivity index (χ2v) is 4.84. The quantitative estimate of drug-likeness (QED) is 0.744. The number of nitrogens with one attached hydrogen (secondary N) is 1. The predicted molar refractivity (Wildman–Crippen MR) is 57.2 cm³/mol. The Labute approximate surface area is 86.5 Å². The van der Waals surface area contributed by atoms with Gasteiger partial charge in [-0.05, 0) is 38.6 Å². The number of rotatable bonds is 4. The fourth-order valence-corrected chi connectivity index (χ4v) is 2.70. The van der Waals surface area contributed by atoms with Crippen molar-refractivity contribution in [3.63, 3.8) is 0 Å². The highest BCUT2D eigenvalue weighted by Crippen LogP contribution is 2.35. The van der Waals surface area contributed by atoms with Gasteiger partial charge in [0.15, 0.2) is 5.78 Å². The van der Waals surface area contributed by atoms with Gasteiger partial charge in [-0.3, -0.25) is 4.79 Å². The third-order valence-electron chi connectivity index (χ3n) is 3.72. The first-order valence-electron chi connectivity index (χ1n) is 6.04. The van der Waals surface area contributed by atoms with E-state index in [1.165, 1.54) is 32.1 Å². The number of likely N-dealkylation sites (N-methyl/N-ethyl adjacent to an activating group) is 1. The second kappa shape index (κ2) is 4.43. The van der Waals surface area contributed by atoms with Crippen molar-refractivity contribution in [2.45, 2.75) is 51.0 Å². The Morgan fingerprint density at radius 3 is 2.29 bits per heavy atom. The number of ketones is 1. The molecule has 0 saturated heterocycles. The number of hydrogen-bond donors (Lipinski definition) is 1. The summed E-state index contributed by atoms with van der Waals surface area (Å²) in [4.78, 5) is 12.0. The van der Waals surface area contributed by atoms with Gasteiger partial charge in [0, 0.05) is 5.92 Å². The fourth-order valence-electron chi connectivity index (χ4n) is 2.70. The maximum absolute atomic E-state index is 12.0. The van der Waals surface area contributed by atoms with Crippen molar-refractivity contribution < 1.29 is 4.79 Å². The van der Waals surface area contributed by atoms with Gasteiger partial charge in [-0.2, -0.15) is 0 Å². The average Bonchev–Trinajstić information content (AvgIpc) is 3.03. The topological polar surface area (TPSA) is 29.1 Å². The first kappa shape index (κ1) is 10.2. The summed E-state index contributed by atoms with van der Waals surface area (Å²) < 4.78 is 0. The molecule has 1 atom stereocenters. The van der Waals surface area contributed by atoms with E-state index >= 15 is 0 Å². The molecule has 2 aliphatic rings. The smallest absolute Gasteiger partial charge is 0.153 e. The molecule has 0 aliphatic heterocycles. The van der Waals surface area contributed by atoms with Crippen molar-refractivity contribution in [2.24, 2.45) is 11.8 Å². The van der Waals surface area contributed by atoms with Crippen molar-refractivity contribution in [1.82, 2.24) is 5.32 Å². The zero-order valence-electron chi connectivity index (χ0n) is 9.09. The van der Waals surface area contributed by atoms with Crippen LogP contribution in [0, 0.1) is 11.8 Å². The van der Waals surface area contributed by atoms with E-state index in [2.05, 4.69) is 5.32 Å². The van der Waals surface area contributed by atoms with Crippen molar-refractivity contribution >= 4 is 5.78 Å². The van der Waals surface area contributed by atoms with E-state index in [0.29, 0.717) is 17.6 Å². The molecule has 14 heavy (non-hydrogen) atoms. The molecular formula is C12H21NO. The molecule has 1 N–H and O–H groups in total. The molecule has 0 spiro atoms. The predicted octanol–water partition coefficient (Wildman–Crippen LogP) is 2.13. The van der Waals surface area contributed by atoms with Crippen LogP contribution in [0.5, 0.6) is 0 Å². The van der Waals surface area contributed by atoms with E-state index in [-0.39, 0.29) is 6.04 Å². The molecule has 2 heteroatoms. The van der Waals surface area contributed by atoms with Crippen molar-refractivity contribution in [3.05, 3.63) is 0 Å². The maximum atomic E-state index is 12.0. The lowest BCUT2D eigenvalue weighted by Crippen LogP contribution is -2.42. The molecule has 0 heterocycles. The van der Waals surface area contributed by atoms with Gasteiger partial charge in [0.1, 0.15) is 0 Å². The summed E-state index contributed by atoms with van der Waals surface area (Å²) in [6, 6.07) is 0.169. The van der Waals surface area contributed by atoms with Crippen LogP contribution in [0.2, 0.25) is 0 Å². The Bertz CT molecular complexity index is 204. The van der Waals surface area contributed by atoms with Crippen LogP contribution in [-0.2, 0) is 4.79 Å². The first-order chi connectivity index (χ1) is 6.83. The number of carbonyl (C=O) groups is 1. The normalized spacial score (nSPS) is 26.1. The van der Waals surface area contributed by atoms with E-state index in [4.69, 9.17) is 0 Å². The van der Waals surface area contributed by atoms with Crippen molar-refractivity contribution in [2.75, 3.05) is 7.05 Å². The second-order valence-electron chi connectivity index (χ2n) is 4.84. The molecule has 2 nitrogen and oxygen atoms in total. The SMILES string of the molecule is CNC(C(=O)C1CC1)C1CCCCC1. The van der Waals surface area contributed by atoms with Crippen LogP contribution in [0.25, 0.3) is 0 Å².